The number of hydrogen-bond donors (Lipinski definition) is 3. The molecule has 0 fully saturated rings. The second-order valence-electron chi connectivity index (χ2n) is 26.3. The SMILES string of the molecule is CCCCCCCCCCCCCCCCCCCCCCCCCCCCCCCCCCCCCCCCCCCC(=O)NC(COP(=O)(O)OCC[N+](C)(C)C)C(O)CCCCCCCCCCCCCCCCCC. The van der Waals surface area contributed by atoms with Crippen LogP contribution < -0.4 is 5.32 Å². The van der Waals surface area contributed by atoms with E-state index in [2.05, 4.69) is 19.2 Å². The summed E-state index contributed by atoms with van der Waals surface area (Å²) in [5.74, 6) is -0.134. The third kappa shape index (κ3) is 64.9. The van der Waals surface area contributed by atoms with Crippen LogP contribution in [0.3, 0.4) is 0 Å². The van der Waals surface area contributed by atoms with Gasteiger partial charge in [-0.1, -0.05) is 373 Å². The van der Waals surface area contributed by atoms with Gasteiger partial charge in [0.15, 0.2) is 0 Å². The average Bonchev–Trinajstić information content (AvgIpc) is 3.42. The monoisotopic (exact) mass is 1140 g/mol. The molecule has 0 aliphatic carbocycles. The van der Waals surface area contributed by atoms with Gasteiger partial charge in [-0.05, 0) is 12.8 Å². The molecule has 474 valence electrons. The molecule has 0 aromatic heterocycles. The quantitative estimate of drug-likeness (QED) is 0.0318. The van der Waals surface area contributed by atoms with Gasteiger partial charge in [0.2, 0.25) is 5.91 Å². The highest BCUT2D eigenvalue weighted by Gasteiger charge is 2.28. The van der Waals surface area contributed by atoms with E-state index in [0.29, 0.717) is 23.9 Å². The van der Waals surface area contributed by atoms with E-state index < -0.39 is 20.0 Å². The number of carbonyl (C=O) groups is 1. The molecule has 0 aromatic carbocycles. The van der Waals surface area contributed by atoms with E-state index in [1.807, 2.05) is 21.1 Å². The Bertz CT molecular complexity index is 1250. The van der Waals surface area contributed by atoms with Crippen LogP contribution in [0, 0.1) is 0 Å². The summed E-state index contributed by atoms with van der Waals surface area (Å²) in [6.45, 7) is 4.95. The predicted molar refractivity (Wildman–Crippen MR) is 346 cm³/mol. The number of phosphoric ester groups is 1. The highest BCUT2D eigenvalue weighted by atomic mass is 31.2. The number of likely N-dealkylation sites (N-methyl/N-ethyl adjacent to an activating group) is 1. The van der Waals surface area contributed by atoms with Gasteiger partial charge in [-0.15, -0.1) is 0 Å². The van der Waals surface area contributed by atoms with E-state index in [1.165, 1.54) is 327 Å². The van der Waals surface area contributed by atoms with Gasteiger partial charge in [-0.3, -0.25) is 13.8 Å². The average molecular weight is 1140 g/mol. The molecular weight excluding hydrogens is 996 g/mol. The van der Waals surface area contributed by atoms with Crippen molar-refractivity contribution in [2.75, 3.05) is 40.9 Å². The lowest BCUT2D eigenvalue weighted by Gasteiger charge is -2.26. The van der Waals surface area contributed by atoms with Crippen LogP contribution in [0.2, 0.25) is 0 Å². The van der Waals surface area contributed by atoms with Gasteiger partial charge in [0.05, 0.1) is 39.9 Å². The van der Waals surface area contributed by atoms with Crippen LogP contribution >= 0.6 is 7.82 Å². The third-order valence-corrected chi connectivity index (χ3v) is 18.1. The highest BCUT2D eigenvalue weighted by Crippen LogP contribution is 2.43. The minimum Gasteiger partial charge on any atom is -0.391 e. The van der Waals surface area contributed by atoms with Crippen molar-refractivity contribution >= 4 is 13.7 Å². The number of amides is 1. The number of quaternary nitrogens is 1. The number of nitrogens with zero attached hydrogens (tertiary/aromatic N) is 1. The van der Waals surface area contributed by atoms with E-state index >= 15 is 0 Å². The van der Waals surface area contributed by atoms with Crippen molar-refractivity contribution in [3.8, 4) is 0 Å². The fraction of sp³-hybridized carbons (Fsp3) is 0.986. The number of rotatable bonds is 68. The molecular formula is C70H144N2O6P+. The van der Waals surface area contributed by atoms with Crippen molar-refractivity contribution in [2.24, 2.45) is 0 Å². The smallest absolute Gasteiger partial charge is 0.391 e. The van der Waals surface area contributed by atoms with E-state index in [-0.39, 0.29) is 19.1 Å². The molecule has 0 spiro atoms. The largest absolute Gasteiger partial charge is 0.472 e. The fourth-order valence-corrected chi connectivity index (χ4v) is 12.3. The zero-order chi connectivity index (χ0) is 57.7. The van der Waals surface area contributed by atoms with Gasteiger partial charge in [0.25, 0.3) is 0 Å². The first kappa shape index (κ1) is 78.5. The first-order valence-corrected chi connectivity index (χ1v) is 37.4. The summed E-state index contributed by atoms with van der Waals surface area (Å²) in [5, 5.41) is 14.1. The standard InChI is InChI=1S/C70H143N2O6P/c1-6-8-10-12-14-16-18-20-22-24-25-26-27-28-29-30-31-32-33-34-35-36-37-38-39-40-41-42-43-44-45-46-47-48-50-52-54-56-58-60-62-64-70(74)71-68(67-78-79(75,76)77-66-65-72(3,4)5)69(73)63-61-59-57-55-53-51-49-23-21-19-17-15-13-11-9-7-2/h68-69,73H,6-67H2,1-5H3,(H-,71,74,75,76)/p+1. The van der Waals surface area contributed by atoms with E-state index in [1.54, 1.807) is 0 Å². The molecule has 0 aliphatic rings. The Labute approximate surface area is 495 Å². The molecule has 0 aromatic rings. The number of aliphatic hydroxyl groups excluding tert-OH is 1. The van der Waals surface area contributed by atoms with E-state index in [9.17, 15) is 19.4 Å². The van der Waals surface area contributed by atoms with Crippen molar-refractivity contribution in [3.63, 3.8) is 0 Å². The Morgan fingerprint density at radius 2 is 0.608 bits per heavy atom. The number of carbonyl (C=O) groups excluding carboxylic acids is 1. The summed E-state index contributed by atoms with van der Waals surface area (Å²) in [4.78, 5) is 23.4. The van der Waals surface area contributed by atoms with E-state index in [4.69, 9.17) is 9.05 Å². The Kier molecular flexibility index (Phi) is 61.7. The van der Waals surface area contributed by atoms with Crippen LogP contribution in [-0.4, -0.2) is 73.4 Å². The number of unbranched alkanes of at least 4 members (excludes halogenated alkanes) is 55. The summed E-state index contributed by atoms with van der Waals surface area (Å²) in [6, 6.07) is -0.756. The minimum atomic E-state index is -4.32. The van der Waals surface area contributed by atoms with Crippen molar-refractivity contribution < 1.29 is 32.9 Å². The molecule has 1 amide bonds. The van der Waals surface area contributed by atoms with Gasteiger partial charge in [0, 0.05) is 6.42 Å². The Morgan fingerprint density at radius 1 is 0.380 bits per heavy atom. The first-order chi connectivity index (χ1) is 38.5. The van der Waals surface area contributed by atoms with Crippen LogP contribution in [0.25, 0.3) is 0 Å². The lowest BCUT2D eigenvalue weighted by Crippen LogP contribution is -2.46. The van der Waals surface area contributed by atoms with Crippen molar-refractivity contribution in [1.82, 2.24) is 5.32 Å². The third-order valence-electron chi connectivity index (χ3n) is 17.1. The number of hydrogen-bond acceptors (Lipinski definition) is 5. The van der Waals surface area contributed by atoms with E-state index in [0.717, 1.165) is 38.5 Å². The summed E-state index contributed by atoms with van der Waals surface area (Å²) < 4.78 is 23.8. The molecule has 3 N–H and O–H groups in total. The fourth-order valence-electron chi connectivity index (χ4n) is 11.5. The maximum atomic E-state index is 13.0. The van der Waals surface area contributed by atoms with Gasteiger partial charge in [-0.25, -0.2) is 4.57 Å². The summed E-state index contributed by atoms with van der Waals surface area (Å²) in [7, 11) is 1.64. The molecule has 0 aliphatic heterocycles. The van der Waals surface area contributed by atoms with Gasteiger partial charge in [-0.2, -0.15) is 0 Å². The predicted octanol–water partition coefficient (Wildman–Crippen LogP) is 22.7. The molecule has 8 nitrogen and oxygen atoms in total. The second kappa shape index (κ2) is 62.0. The second-order valence-corrected chi connectivity index (χ2v) is 27.8. The van der Waals surface area contributed by atoms with Crippen molar-refractivity contribution in [2.45, 2.75) is 405 Å². The van der Waals surface area contributed by atoms with Crippen LogP contribution in [0.4, 0.5) is 0 Å². The number of nitrogens with one attached hydrogen (secondary N) is 1. The maximum absolute atomic E-state index is 13.0. The summed E-state index contributed by atoms with van der Waals surface area (Å²) >= 11 is 0. The van der Waals surface area contributed by atoms with Gasteiger partial charge >= 0.3 is 7.82 Å². The zero-order valence-corrected chi connectivity index (χ0v) is 55.3. The molecule has 9 heteroatoms. The molecule has 3 unspecified atom stereocenters. The molecule has 0 rings (SSSR count). The van der Waals surface area contributed by atoms with Crippen LogP contribution in [0.5, 0.6) is 0 Å². The van der Waals surface area contributed by atoms with Gasteiger partial charge in [0.1, 0.15) is 13.2 Å². The molecule has 0 bridgehead atoms. The Morgan fingerprint density at radius 3 is 0.848 bits per heavy atom. The molecule has 3 atom stereocenters. The number of phosphoric acid groups is 1. The lowest BCUT2D eigenvalue weighted by molar-refractivity contribution is -0.870. The van der Waals surface area contributed by atoms with Crippen LogP contribution in [-0.2, 0) is 18.4 Å². The van der Waals surface area contributed by atoms with Crippen molar-refractivity contribution in [3.05, 3.63) is 0 Å². The molecule has 79 heavy (non-hydrogen) atoms. The Hall–Kier alpha value is -0.500. The summed E-state index contributed by atoms with van der Waals surface area (Å²) in [6.07, 6.45) is 78.1. The highest BCUT2D eigenvalue weighted by molar-refractivity contribution is 7.47. The van der Waals surface area contributed by atoms with Crippen LogP contribution in [0.15, 0.2) is 0 Å². The number of aliphatic hydroxyl groups is 1. The van der Waals surface area contributed by atoms with Crippen molar-refractivity contribution in [1.29, 1.82) is 0 Å². The minimum absolute atomic E-state index is 0.0792. The maximum Gasteiger partial charge on any atom is 0.472 e. The van der Waals surface area contributed by atoms with Gasteiger partial charge < -0.3 is 19.8 Å². The van der Waals surface area contributed by atoms with Crippen LogP contribution in [0.1, 0.15) is 393 Å². The topological polar surface area (TPSA) is 105 Å². The first-order valence-electron chi connectivity index (χ1n) is 35.9. The Balaban J connectivity index is 3.79. The molecule has 0 radical (unpaired) electrons. The molecule has 0 saturated carbocycles. The summed E-state index contributed by atoms with van der Waals surface area (Å²) in [5.41, 5.74) is 0. The zero-order valence-electron chi connectivity index (χ0n) is 54.4. The molecule has 0 saturated heterocycles. The normalized spacial score (nSPS) is 13.6. The molecule has 0 heterocycles. The lowest BCUT2D eigenvalue weighted by atomic mass is 10.0.